The standard InChI is InChI=1S/C17H26N2O2S/c1-2-16-22(20,21)19-14-12-18(13-15-19)11-7-6-10-17-8-4-3-5-9-17/h3-6,8-10H,2,7,11-16H2,1H3/b10-6+. The molecule has 1 aromatic carbocycles. The Morgan fingerprint density at radius 1 is 1.09 bits per heavy atom. The summed E-state index contributed by atoms with van der Waals surface area (Å²) < 4.78 is 25.7. The van der Waals surface area contributed by atoms with Crippen molar-refractivity contribution < 1.29 is 8.42 Å². The predicted molar refractivity (Wildman–Crippen MR) is 92.2 cm³/mol. The zero-order valence-electron chi connectivity index (χ0n) is 13.3. The van der Waals surface area contributed by atoms with Crippen LogP contribution in [0.1, 0.15) is 25.3 Å². The molecule has 0 unspecified atom stereocenters. The molecule has 0 saturated carbocycles. The molecule has 2 rings (SSSR count). The molecule has 1 saturated heterocycles. The van der Waals surface area contributed by atoms with Gasteiger partial charge in [-0.05, 0) is 18.4 Å². The maximum atomic E-state index is 12.0. The highest BCUT2D eigenvalue weighted by Gasteiger charge is 2.25. The Morgan fingerprint density at radius 2 is 1.77 bits per heavy atom. The first kappa shape index (κ1) is 17.2. The third kappa shape index (κ3) is 5.23. The van der Waals surface area contributed by atoms with E-state index in [0.29, 0.717) is 19.5 Å². The van der Waals surface area contributed by atoms with Gasteiger partial charge in [-0.25, -0.2) is 8.42 Å². The Balaban J connectivity index is 1.71. The highest BCUT2D eigenvalue weighted by atomic mass is 32.2. The van der Waals surface area contributed by atoms with Crippen LogP contribution in [-0.2, 0) is 10.0 Å². The molecule has 0 aromatic heterocycles. The van der Waals surface area contributed by atoms with E-state index in [0.717, 1.165) is 26.1 Å². The summed E-state index contributed by atoms with van der Waals surface area (Å²) in [4.78, 5) is 2.34. The van der Waals surface area contributed by atoms with Crippen LogP contribution in [-0.4, -0.2) is 56.1 Å². The van der Waals surface area contributed by atoms with Crippen LogP contribution in [0.2, 0.25) is 0 Å². The average Bonchev–Trinajstić information content (AvgIpc) is 2.53. The Morgan fingerprint density at radius 3 is 2.41 bits per heavy atom. The molecule has 122 valence electrons. The van der Waals surface area contributed by atoms with E-state index in [4.69, 9.17) is 0 Å². The minimum absolute atomic E-state index is 0.271. The van der Waals surface area contributed by atoms with Crippen molar-refractivity contribution in [2.75, 3.05) is 38.5 Å². The molecule has 1 aliphatic rings. The van der Waals surface area contributed by atoms with Gasteiger partial charge in [-0.2, -0.15) is 4.31 Å². The molecule has 1 heterocycles. The van der Waals surface area contributed by atoms with Crippen molar-refractivity contribution >= 4 is 16.1 Å². The summed E-state index contributed by atoms with van der Waals surface area (Å²) in [6.45, 7) is 5.83. The van der Waals surface area contributed by atoms with Crippen molar-refractivity contribution in [2.45, 2.75) is 19.8 Å². The monoisotopic (exact) mass is 322 g/mol. The van der Waals surface area contributed by atoms with Gasteiger partial charge < -0.3 is 4.90 Å². The molecule has 1 aliphatic heterocycles. The van der Waals surface area contributed by atoms with E-state index in [1.54, 1.807) is 4.31 Å². The molecular weight excluding hydrogens is 296 g/mol. The number of nitrogens with zero attached hydrogens (tertiary/aromatic N) is 2. The SMILES string of the molecule is CCCS(=O)(=O)N1CCN(CC/C=C/c2ccccc2)CC1. The third-order valence-corrected chi connectivity index (χ3v) is 5.98. The molecule has 0 aliphatic carbocycles. The summed E-state index contributed by atoms with van der Waals surface area (Å²) in [5.74, 6) is 0.271. The maximum Gasteiger partial charge on any atom is 0.214 e. The topological polar surface area (TPSA) is 40.6 Å². The number of rotatable bonds is 7. The summed E-state index contributed by atoms with van der Waals surface area (Å²) in [5.41, 5.74) is 1.22. The second-order valence-electron chi connectivity index (χ2n) is 5.66. The summed E-state index contributed by atoms with van der Waals surface area (Å²) in [6.07, 6.45) is 6.01. The van der Waals surface area contributed by atoms with E-state index >= 15 is 0 Å². The van der Waals surface area contributed by atoms with Crippen LogP contribution in [0.4, 0.5) is 0 Å². The first-order valence-electron chi connectivity index (χ1n) is 8.03. The van der Waals surface area contributed by atoms with Crippen LogP contribution in [0.5, 0.6) is 0 Å². The van der Waals surface area contributed by atoms with E-state index in [1.807, 2.05) is 25.1 Å². The van der Waals surface area contributed by atoms with Gasteiger partial charge in [-0.15, -0.1) is 0 Å². The number of benzene rings is 1. The van der Waals surface area contributed by atoms with Crippen LogP contribution in [0.15, 0.2) is 36.4 Å². The summed E-state index contributed by atoms with van der Waals surface area (Å²) in [5, 5.41) is 0. The Labute approximate surface area is 134 Å². The number of hydrogen-bond acceptors (Lipinski definition) is 3. The van der Waals surface area contributed by atoms with Gasteiger partial charge in [0, 0.05) is 32.7 Å². The van der Waals surface area contributed by atoms with Crippen molar-refractivity contribution in [2.24, 2.45) is 0 Å². The summed E-state index contributed by atoms with van der Waals surface area (Å²) >= 11 is 0. The minimum atomic E-state index is -3.03. The third-order valence-electron chi connectivity index (χ3n) is 3.91. The van der Waals surface area contributed by atoms with E-state index in [-0.39, 0.29) is 5.75 Å². The molecule has 0 amide bonds. The average molecular weight is 322 g/mol. The van der Waals surface area contributed by atoms with Gasteiger partial charge in [-0.3, -0.25) is 0 Å². The smallest absolute Gasteiger partial charge is 0.214 e. The lowest BCUT2D eigenvalue weighted by Gasteiger charge is -2.33. The molecule has 0 spiro atoms. The lowest BCUT2D eigenvalue weighted by Crippen LogP contribution is -2.49. The molecule has 4 nitrogen and oxygen atoms in total. The lowest BCUT2D eigenvalue weighted by atomic mass is 10.2. The van der Waals surface area contributed by atoms with Gasteiger partial charge >= 0.3 is 0 Å². The van der Waals surface area contributed by atoms with Crippen molar-refractivity contribution in [3.8, 4) is 0 Å². The van der Waals surface area contributed by atoms with Crippen molar-refractivity contribution in [3.63, 3.8) is 0 Å². The second-order valence-corrected chi connectivity index (χ2v) is 7.75. The normalized spacial score (nSPS) is 18.0. The van der Waals surface area contributed by atoms with E-state index in [2.05, 4.69) is 29.2 Å². The van der Waals surface area contributed by atoms with Crippen LogP contribution in [0, 0.1) is 0 Å². The first-order chi connectivity index (χ1) is 10.6. The van der Waals surface area contributed by atoms with Crippen molar-refractivity contribution in [3.05, 3.63) is 42.0 Å². The van der Waals surface area contributed by atoms with E-state index < -0.39 is 10.0 Å². The predicted octanol–water partition coefficient (Wildman–Crippen LogP) is 2.45. The van der Waals surface area contributed by atoms with Gasteiger partial charge in [0.25, 0.3) is 0 Å². The second kappa shape index (κ2) is 8.46. The van der Waals surface area contributed by atoms with Crippen LogP contribution in [0.3, 0.4) is 0 Å². The number of piperazine rings is 1. The largest absolute Gasteiger partial charge is 0.300 e. The molecular formula is C17H26N2O2S. The molecule has 22 heavy (non-hydrogen) atoms. The quantitative estimate of drug-likeness (QED) is 0.774. The Bertz CT molecular complexity index is 562. The zero-order valence-corrected chi connectivity index (χ0v) is 14.1. The number of hydrogen-bond donors (Lipinski definition) is 0. The molecule has 0 N–H and O–H groups in total. The van der Waals surface area contributed by atoms with Crippen molar-refractivity contribution in [1.29, 1.82) is 0 Å². The van der Waals surface area contributed by atoms with Gasteiger partial charge in [0.05, 0.1) is 5.75 Å². The van der Waals surface area contributed by atoms with Gasteiger partial charge in [0.2, 0.25) is 10.0 Å². The minimum Gasteiger partial charge on any atom is -0.300 e. The van der Waals surface area contributed by atoms with E-state index in [9.17, 15) is 8.42 Å². The molecule has 1 aromatic rings. The van der Waals surface area contributed by atoms with Crippen LogP contribution >= 0.6 is 0 Å². The molecule has 1 fully saturated rings. The number of sulfonamides is 1. The molecule has 5 heteroatoms. The van der Waals surface area contributed by atoms with Gasteiger partial charge in [0.15, 0.2) is 0 Å². The highest BCUT2D eigenvalue weighted by Crippen LogP contribution is 2.10. The summed E-state index contributed by atoms with van der Waals surface area (Å²) in [7, 11) is -3.03. The Hall–Kier alpha value is -1.17. The maximum absolute atomic E-state index is 12.0. The van der Waals surface area contributed by atoms with Crippen LogP contribution in [0.25, 0.3) is 6.08 Å². The highest BCUT2D eigenvalue weighted by molar-refractivity contribution is 7.89. The van der Waals surface area contributed by atoms with Gasteiger partial charge in [0.1, 0.15) is 0 Å². The Kier molecular flexibility index (Phi) is 6.61. The lowest BCUT2D eigenvalue weighted by molar-refractivity contribution is 0.191. The fourth-order valence-corrected chi connectivity index (χ4v) is 4.15. The summed E-state index contributed by atoms with van der Waals surface area (Å²) in [6, 6.07) is 10.3. The van der Waals surface area contributed by atoms with E-state index in [1.165, 1.54) is 5.56 Å². The first-order valence-corrected chi connectivity index (χ1v) is 9.64. The van der Waals surface area contributed by atoms with Gasteiger partial charge in [-0.1, -0.05) is 49.4 Å². The molecule has 0 atom stereocenters. The zero-order chi connectivity index (χ0) is 15.8. The van der Waals surface area contributed by atoms with Crippen LogP contribution < -0.4 is 0 Å². The van der Waals surface area contributed by atoms with Crippen molar-refractivity contribution in [1.82, 2.24) is 9.21 Å². The molecule has 0 bridgehead atoms. The fourth-order valence-electron chi connectivity index (χ4n) is 2.66. The fraction of sp³-hybridized carbons (Fsp3) is 0.529. The molecule has 0 radical (unpaired) electrons.